The number of nitrogens with zero attached hydrogens (tertiary/aromatic N) is 1. The summed E-state index contributed by atoms with van der Waals surface area (Å²) in [7, 11) is 3.10. The van der Waals surface area contributed by atoms with E-state index in [2.05, 4.69) is 32.9 Å². The van der Waals surface area contributed by atoms with Crippen LogP contribution in [0.15, 0.2) is 42.5 Å². The van der Waals surface area contributed by atoms with E-state index in [4.69, 9.17) is 14.2 Å². The van der Waals surface area contributed by atoms with Crippen molar-refractivity contribution in [2.75, 3.05) is 27.3 Å². The van der Waals surface area contributed by atoms with Crippen LogP contribution >= 0.6 is 0 Å². The molecule has 0 unspecified atom stereocenters. The molecule has 2 aliphatic heterocycles. The van der Waals surface area contributed by atoms with E-state index in [9.17, 15) is 9.59 Å². The molecule has 34 heavy (non-hydrogen) atoms. The Bertz CT molecular complexity index is 1100. The molecule has 0 radical (unpaired) electrons. The van der Waals surface area contributed by atoms with Gasteiger partial charge in [0.2, 0.25) is 5.91 Å². The van der Waals surface area contributed by atoms with Crippen molar-refractivity contribution in [3.63, 3.8) is 0 Å². The SMILES string of the molecule is COc1cc(OC)c2c(c1)OC1(CCN(C(=O)/C=C/c3ccc(C(C)(C)C)cc3)CC1)CC2=O. The number of ketones is 1. The summed E-state index contributed by atoms with van der Waals surface area (Å²) in [5.74, 6) is 1.50. The number of hydrogen-bond acceptors (Lipinski definition) is 5. The van der Waals surface area contributed by atoms with E-state index in [1.807, 2.05) is 23.1 Å². The number of fused-ring (bicyclic) bond motifs is 1. The van der Waals surface area contributed by atoms with Crippen LogP contribution in [0.25, 0.3) is 6.08 Å². The number of benzene rings is 2. The van der Waals surface area contributed by atoms with E-state index in [-0.39, 0.29) is 23.5 Å². The van der Waals surface area contributed by atoms with Crippen molar-refractivity contribution in [2.24, 2.45) is 0 Å². The van der Waals surface area contributed by atoms with Crippen molar-refractivity contribution in [3.05, 3.63) is 59.2 Å². The van der Waals surface area contributed by atoms with Gasteiger partial charge in [0.1, 0.15) is 28.4 Å². The van der Waals surface area contributed by atoms with Gasteiger partial charge in [-0.3, -0.25) is 9.59 Å². The molecule has 0 aliphatic carbocycles. The number of piperidine rings is 1. The molecule has 2 aromatic rings. The van der Waals surface area contributed by atoms with Gasteiger partial charge in [-0.25, -0.2) is 0 Å². The van der Waals surface area contributed by atoms with Crippen molar-refractivity contribution in [3.8, 4) is 17.2 Å². The van der Waals surface area contributed by atoms with Crippen LogP contribution in [0.3, 0.4) is 0 Å². The molecule has 4 rings (SSSR count). The van der Waals surface area contributed by atoms with Crippen LogP contribution in [0.1, 0.15) is 61.5 Å². The number of Topliss-reactive ketones (excluding diaryl/α,β-unsaturated/α-hetero) is 1. The summed E-state index contributed by atoms with van der Waals surface area (Å²) in [5.41, 5.74) is 2.21. The predicted molar refractivity (Wildman–Crippen MR) is 132 cm³/mol. The van der Waals surface area contributed by atoms with Gasteiger partial charge in [-0.15, -0.1) is 0 Å². The maximum Gasteiger partial charge on any atom is 0.246 e. The average molecular weight is 464 g/mol. The molecule has 2 aliphatic rings. The number of carbonyl (C=O) groups is 2. The first-order valence-electron chi connectivity index (χ1n) is 11.7. The summed E-state index contributed by atoms with van der Waals surface area (Å²) in [4.78, 5) is 27.6. The number of amides is 1. The summed E-state index contributed by atoms with van der Waals surface area (Å²) >= 11 is 0. The highest BCUT2D eigenvalue weighted by atomic mass is 16.5. The lowest BCUT2D eigenvalue weighted by Crippen LogP contribution is -2.52. The summed E-state index contributed by atoms with van der Waals surface area (Å²) in [6.45, 7) is 7.62. The van der Waals surface area contributed by atoms with Gasteiger partial charge in [-0.2, -0.15) is 0 Å². The fourth-order valence-corrected chi connectivity index (χ4v) is 4.63. The second-order valence-corrected chi connectivity index (χ2v) is 10.1. The van der Waals surface area contributed by atoms with Gasteiger partial charge >= 0.3 is 0 Å². The van der Waals surface area contributed by atoms with Crippen LogP contribution in [-0.2, 0) is 10.2 Å². The van der Waals surface area contributed by atoms with Gasteiger partial charge in [-0.05, 0) is 22.6 Å². The molecule has 180 valence electrons. The van der Waals surface area contributed by atoms with Gasteiger partial charge in [0.15, 0.2) is 5.78 Å². The fourth-order valence-electron chi connectivity index (χ4n) is 4.63. The number of rotatable bonds is 4. The van der Waals surface area contributed by atoms with Crippen molar-refractivity contribution >= 4 is 17.8 Å². The van der Waals surface area contributed by atoms with Crippen LogP contribution < -0.4 is 14.2 Å². The molecule has 2 aromatic carbocycles. The lowest BCUT2D eigenvalue weighted by atomic mass is 9.82. The molecule has 0 atom stereocenters. The molecule has 2 heterocycles. The zero-order valence-corrected chi connectivity index (χ0v) is 20.6. The highest BCUT2D eigenvalue weighted by Gasteiger charge is 2.44. The predicted octanol–water partition coefficient (Wildman–Crippen LogP) is 5.04. The number of ether oxygens (including phenoxy) is 3. The molecule has 1 spiro atoms. The Labute approximate surface area is 201 Å². The average Bonchev–Trinajstić information content (AvgIpc) is 2.81. The van der Waals surface area contributed by atoms with E-state index in [1.54, 1.807) is 25.3 Å². The largest absolute Gasteiger partial charge is 0.496 e. The Morgan fingerprint density at radius 2 is 1.74 bits per heavy atom. The van der Waals surface area contributed by atoms with Gasteiger partial charge in [-0.1, -0.05) is 45.0 Å². The molecule has 0 N–H and O–H groups in total. The Morgan fingerprint density at radius 1 is 1.06 bits per heavy atom. The van der Waals surface area contributed by atoms with Gasteiger partial charge in [0, 0.05) is 44.1 Å². The third-order valence-electron chi connectivity index (χ3n) is 6.76. The highest BCUT2D eigenvalue weighted by Crippen LogP contribution is 2.44. The molecule has 0 saturated carbocycles. The number of carbonyl (C=O) groups excluding carboxylic acids is 2. The lowest BCUT2D eigenvalue weighted by Gasteiger charge is -2.44. The van der Waals surface area contributed by atoms with E-state index in [1.165, 1.54) is 12.7 Å². The highest BCUT2D eigenvalue weighted by molar-refractivity contribution is 6.03. The molecule has 1 amide bonds. The summed E-state index contributed by atoms with van der Waals surface area (Å²) in [6.07, 6.45) is 4.95. The zero-order chi connectivity index (χ0) is 24.5. The quantitative estimate of drug-likeness (QED) is 0.595. The second-order valence-electron chi connectivity index (χ2n) is 10.1. The standard InChI is InChI=1S/C28H33NO5/c1-27(2,3)20-9-6-19(7-10-20)8-11-25(31)29-14-12-28(13-15-29)18-22(30)26-23(33-5)16-21(32-4)17-24(26)34-28/h6-11,16-17H,12-15,18H2,1-5H3/b11-8+. The molecule has 0 aromatic heterocycles. The monoisotopic (exact) mass is 463 g/mol. The van der Waals surface area contributed by atoms with E-state index >= 15 is 0 Å². The van der Waals surface area contributed by atoms with Gasteiger partial charge in [0.05, 0.1) is 20.6 Å². The zero-order valence-electron chi connectivity index (χ0n) is 20.6. The summed E-state index contributed by atoms with van der Waals surface area (Å²) < 4.78 is 17.1. The van der Waals surface area contributed by atoms with E-state index in [0.717, 1.165) is 5.56 Å². The fraction of sp³-hybridized carbons (Fsp3) is 0.429. The first-order chi connectivity index (χ1) is 16.1. The second kappa shape index (κ2) is 9.16. The third kappa shape index (κ3) is 4.81. The maximum atomic E-state index is 13.0. The Balaban J connectivity index is 1.41. The molecule has 0 bridgehead atoms. The smallest absolute Gasteiger partial charge is 0.246 e. The van der Waals surface area contributed by atoms with Crippen LogP contribution in [0.2, 0.25) is 0 Å². The third-order valence-corrected chi connectivity index (χ3v) is 6.76. The molecular formula is C28H33NO5. The Kier molecular flexibility index (Phi) is 6.43. The summed E-state index contributed by atoms with van der Waals surface area (Å²) in [5, 5.41) is 0. The van der Waals surface area contributed by atoms with E-state index in [0.29, 0.717) is 48.7 Å². The van der Waals surface area contributed by atoms with Crippen LogP contribution in [0.5, 0.6) is 17.2 Å². The maximum absolute atomic E-state index is 13.0. The molecule has 1 saturated heterocycles. The van der Waals surface area contributed by atoms with Crippen molar-refractivity contribution in [1.82, 2.24) is 4.90 Å². The first-order valence-corrected chi connectivity index (χ1v) is 11.7. The molecule has 1 fully saturated rings. The minimum atomic E-state index is -0.606. The van der Waals surface area contributed by atoms with Crippen molar-refractivity contribution < 1.29 is 23.8 Å². The minimum Gasteiger partial charge on any atom is -0.496 e. The van der Waals surface area contributed by atoms with Crippen LogP contribution in [0.4, 0.5) is 0 Å². The van der Waals surface area contributed by atoms with Crippen LogP contribution in [0, 0.1) is 0 Å². The number of methoxy groups -OCH3 is 2. The Morgan fingerprint density at radius 3 is 2.32 bits per heavy atom. The van der Waals surface area contributed by atoms with E-state index < -0.39 is 5.60 Å². The van der Waals surface area contributed by atoms with Gasteiger partial charge < -0.3 is 19.1 Å². The first kappa shape index (κ1) is 23.9. The number of hydrogen-bond donors (Lipinski definition) is 0. The van der Waals surface area contributed by atoms with Crippen molar-refractivity contribution in [2.45, 2.75) is 51.0 Å². The molecule has 6 heteroatoms. The topological polar surface area (TPSA) is 65.1 Å². The summed E-state index contributed by atoms with van der Waals surface area (Å²) in [6, 6.07) is 11.7. The normalized spacial score (nSPS) is 17.4. The van der Waals surface area contributed by atoms with Crippen LogP contribution in [-0.4, -0.2) is 49.5 Å². The molecule has 6 nitrogen and oxygen atoms in total. The number of likely N-dealkylation sites (tertiary alicyclic amines) is 1. The molecular weight excluding hydrogens is 430 g/mol. The van der Waals surface area contributed by atoms with Crippen molar-refractivity contribution in [1.29, 1.82) is 0 Å². The van der Waals surface area contributed by atoms with Gasteiger partial charge in [0.25, 0.3) is 0 Å². The Hall–Kier alpha value is -3.28. The lowest BCUT2D eigenvalue weighted by molar-refractivity contribution is -0.129. The minimum absolute atomic E-state index is 0.000806.